The summed E-state index contributed by atoms with van der Waals surface area (Å²) < 4.78 is 0. The summed E-state index contributed by atoms with van der Waals surface area (Å²) in [6.45, 7) is 3.89. The van der Waals surface area contributed by atoms with Gasteiger partial charge in [0.1, 0.15) is 9.88 Å². The van der Waals surface area contributed by atoms with Crippen molar-refractivity contribution < 1.29 is 14.7 Å². The van der Waals surface area contributed by atoms with Gasteiger partial charge in [0.15, 0.2) is 0 Å². The van der Waals surface area contributed by atoms with Gasteiger partial charge in [0.2, 0.25) is 5.91 Å². The number of carbonyl (C=O) groups is 2. The van der Waals surface area contributed by atoms with Crippen LogP contribution in [0.15, 0.2) is 24.3 Å². The molecule has 0 aliphatic carbocycles. The number of rotatable bonds is 6. The number of para-hydroxylation sites is 1. The second kappa shape index (κ2) is 7.17. The molecule has 1 aromatic heterocycles. The minimum absolute atomic E-state index is 0.0863. The number of aryl methyl sites for hydroxylation is 2. The molecule has 22 heavy (non-hydrogen) atoms. The first-order chi connectivity index (χ1) is 10.5. The Bertz CT molecular complexity index is 694. The molecule has 0 saturated heterocycles. The monoisotopic (exact) mass is 318 g/mol. The third-order valence-electron chi connectivity index (χ3n) is 3.15. The van der Waals surface area contributed by atoms with Crippen molar-refractivity contribution in [3.05, 3.63) is 45.4 Å². The van der Waals surface area contributed by atoms with Crippen molar-refractivity contribution in [2.75, 3.05) is 5.32 Å². The quantitative estimate of drug-likeness (QED) is 0.856. The average molecular weight is 318 g/mol. The molecule has 0 aliphatic rings. The highest BCUT2D eigenvalue weighted by Gasteiger charge is 2.18. The van der Waals surface area contributed by atoms with Gasteiger partial charge in [-0.1, -0.05) is 31.5 Å². The van der Waals surface area contributed by atoms with Crippen molar-refractivity contribution in [2.45, 2.75) is 33.1 Å². The van der Waals surface area contributed by atoms with Gasteiger partial charge in [0, 0.05) is 5.69 Å². The van der Waals surface area contributed by atoms with Crippen molar-refractivity contribution in [3.63, 3.8) is 0 Å². The molecule has 0 bridgehead atoms. The highest BCUT2D eigenvalue weighted by Crippen LogP contribution is 2.21. The summed E-state index contributed by atoms with van der Waals surface area (Å²) in [5, 5.41) is 12.5. The van der Waals surface area contributed by atoms with Crippen LogP contribution < -0.4 is 5.32 Å². The fourth-order valence-electron chi connectivity index (χ4n) is 2.09. The number of aromatic nitrogens is 1. The van der Waals surface area contributed by atoms with Crippen LogP contribution in [-0.2, 0) is 17.6 Å². The molecule has 0 unspecified atom stereocenters. The molecule has 2 aromatic rings. The number of carboxylic acids is 1. The van der Waals surface area contributed by atoms with Crippen molar-refractivity contribution in [1.82, 2.24) is 4.98 Å². The summed E-state index contributed by atoms with van der Waals surface area (Å²) in [5.41, 5.74) is 2.31. The molecule has 6 heteroatoms. The standard InChI is InChI=1S/C16H18N2O3S/c1-3-6-12-15(16(20)21)22-14(18-12)9-13(19)17-11-8-5-4-7-10(11)2/h4-5,7-8H,3,6,9H2,1-2H3,(H,17,19)(H,20,21). The van der Waals surface area contributed by atoms with E-state index in [4.69, 9.17) is 0 Å². The van der Waals surface area contributed by atoms with Gasteiger partial charge < -0.3 is 10.4 Å². The van der Waals surface area contributed by atoms with Gasteiger partial charge in [-0.3, -0.25) is 4.79 Å². The molecular formula is C16H18N2O3S. The zero-order chi connectivity index (χ0) is 16.1. The fourth-order valence-corrected chi connectivity index (χ4v) is 3.04. The number of anilines is 1. The third kappa shape index (κ3) is 3.92. The number of nitrogens with one attached hydrogen (secondary N) is 1. The normalized spacial score (nSPS) is 10.5. The van der Waals surface area contributed by atoms with Gasteiger partial charge in [-0.2, -0.15) is 0 Å². The fraction of sp³-hybridized carbons (Fsp3) is 0.312. The third-order valence-corrected chi connectivity index (χ3v) is 4.24. The van der Waals surface area contributed by atoms with E-state index in [-0.39, 0.29) is 17.2 Å². The molecule has 1 amide bonds. The molecule has 0 radical (unpaired) electrons. The van der Waals surface area contributed by atoms with Gasteiger partial charge >= 0.3 is 5.97 Å². The summed E-state index contributed by atoms with van der Waals surface area (Å²) in [7, 11) is 0. The van der Waals surface area contributed by atoms with Crippen LogP contribution in [0, 0.1) is 6.92 Å². The predicted molar refractivity (Wildman–Crippen MR) is 86.6 cm³/mol. The second-order valence-corrected chi connectivity index (χ2v) is 6.06. The van der Waals surface area contributed by atoms with E-state index in [0.29, 0.717) is 17.1 Å². The van der Waals surface area contributed by atoms with Gasteiger partial charge in [0.05, 0.1) is 12.1 Å². The van der Waals surface area contributed by atoms with E-state index in [9.17, 15) is 14.7 Å². The van der Waals surface area contributed by atoms with E-state index < -0.39 is 5.97 Å². The van der Waals surface area contributed by atoms with Crippen molar-refractivity contribution in [2.24, 2.45) is 0 Å². The van der Waals surface area contributed by atoms with Crippen molar-refractivity contribution in [1.29, 1.82) is 0 Å². The summed E-state index contributed by atoms with van der Waals surface area (Å²) >= 11 is 1.08. The molecule has 0 aliphatic heterocycles. The van der Waals surface area contributed by atoms with Gasteiger partial charge in [0.25, 0.3) is 0 Å². The molecule has 2 N–H and O–H groups in total. The van der Waals surface area contributed by atoms with Crippen LogP contribution in [0.3, 0.4) is 0 Å². The van der Waals surface area contributed by atoms with Crippen LogP contribution in [0.1, 0.15) is 39.3 Å². The molecule has 116 valence electrons. The Morgan fingerprint density at radius 3 is 2.68 bits per heavy atom. The second-order valence-electron chi connectivity index (χ2n) is 4.98. The number of hydrogen-bond donors (Lipinski definition) is 2. The maximum Gasteiger partial charge on any atom is 0.347 e. The Labute approximate surface area is 133 Å². The minimum Gasteiger partial charge on any atom is -0.477 e. The molecule has 0 atom stereocenters. The Balaban J connectivity index is 2.10. The zero-order valence-electron chi connectivity index (χ0n) is 12.5. The number of amides is 1. The summed E-state index contributed by atoms with van der Waals surface area (Å²) in [4.78, 5) is 27.8. The Morgan fingerprint density at radius 1 is 1.32 bits per heavy atom. The first-order valence-corrected chi connectivity index (χ1v) is 7.90. The van der Waals surface area contributed by atoms with Gasteiger partial charge in [-0.15, -0.1) is 11.3 Å². The van der Waals surface area contributed by atoms with E-state index in [2.05, 4.69) is 10.3 Å². The van der Waals surface area contributed by atoms with Crippen LogP contribution in [-0.4, -0.2) is 22.0 Å². The molecule has 0 spiro atoms. The SMILES string of the molecule is CCCc1nc(CC(=O)Nc2ccccc2C)sc1C(=O)O. The number of carboxylic acid groups (broad SMARTS) is 1. The lowest BCUT2D eigenvalue weighted by molar-refractivity contribution is -0.115. The van der Waals surface area contributed by atoms with Crippen LogP contribution in [0.2, 0.25) is 0 Å². The predicted octanol–water partition coefficient (Wildman–Crippen LogP) is 3.28. The first kappa shape index (κ1) is 16.2. The number of nitrogens with zero attached hydrogens (tertiary/aromatic N) is 1. The van der Waals surface area contributed by atoms with Crippen molar-refractivity contribution in [3.8, 4) is 0 Å². The molecule has 2 rings (SSSR count). The van der Waals surface area contributed by atoms with E-state index in [1.165, 1.54) is 0 Å². The Kier molecular flexibility index (Phi) is 5.27. The molecule has 1 aromatic carbocycles. The maximum absolute atomic E-state index is 12.1. The van der Waals surface area contributed by atoms with Crippen molar-refractivity contribution >= 4 is 28.9 Å². The highest BCUT2D eigenvalue weighted by atomic mass is 32.1. The van der Waals surface area contributed by atoms with Gasteiger partial charge in [-0.25, -0.2) is 9.78 Å². The molecular weight excluding hydrogens is 300 g/mol. The molecule has 5 nitrogen and oxygen atoms in total. The van der Waals surface area contributed by atoms with Crippen LogP contribution in [0.4, 0.5) is 5.69 Å². The van der Waals surface area contributed by atoms with E-state index in [1.807, 2.05) is 38.1 Å². The van der Waals surface area contributed by atoms with Crippen LogP contribution in [0.5, 0.6) is 0 Å². The largest absolute Gasteiger partial charge is 0.477 e. The number of hydrogen-bond acceptors (Lipinski definition) is 4. The van der Waals surface area contributed by atoms with Gasteiger partial charge in [-0.05, 0) is 25.0 Å². The number of carbonyl (C=O) groups excluding carboxylic acids is 1. The zero-order valence-corrected chi connectivity index (χ0v) is 13.4. The average Bonchev–Trinajstić information content (AvgIpc) is 2.84. The Morgan fingerprint density at radius 2 is 2.05 bits per heavy atom. The molecule has 0 saturated carbocycles. The highest BCUT2D eigenvalue weighted by molar-refractivity contribution is 7.13. The topological polar surface area (TPSA) is 79.3 Å². The van der Waals surface area contributed by atoms with Crippen LogP contribution >= 0.6 is 11.3 Å². The minimum atomic E-state index is -0.980. The summed E-state index contributed by atoms with van der Waals surface area (Å²) in [6, 6.07) is 7.51. The maximum atomic E-state index is 12.1. The van der Waals surface area contributed by atoms with E-state index in [0.717, 1.165) is 29.0 Å². The smallest absolute Gasteiger partial charge is 0.347 e. The number of thiazole rings is 1. The van der Waals surface area contributed by atoms with Crippen LogP contribution in [0.25, 0.3) is 0 Å². The van der Waals surface area contributed by atoms with E-state index in [1.54, 1.807) is 0 Å². The first-order valence-electron chi connectivity index (χ1n) is 7.08. The molecule has 0 fully saturated rings. The lowest BCUT2D eigenvalue weighted by Crippen LogP contribution is -2.15. The lowest BCUT2D eigenvalue weighted by atomic mass is 10.2. The lowest BCUT2D eigenvalue weighted by Gasteiger charge is -2.06. The number of aromatic carboxylic acids is 1. The molecule has 1 heterocycles. The summed E-state index contributed by atoms with van der Waals surface area (Å²) in [6.07, 6.45) is 1.51. The van der Waals surface area contributed by atoms with E-state index >= 15 is 0 Å². The Hall–Kier alpha value is -2.21. The number of benzene rings is 1. The summed E-state index contributed by atoms with van der Waals surface area (Å²) in [5.74, 6) is -1.17.